The monoisotopic (exact) mass is 1680 g/mol. The molecule has 24 rings (SSSR count). The summed E-state index contributed by atoms with van der Waals surface area (Å²) in [6.07, 6.45) is 30.3. The second-order valence-electron chi connectivity index (χ2n) is 33.6. The third kappa shape index (κ3) is 13.4. The van der Waals surface area contributed by atoms with Crippen molar-refractivity contribution < 1.29 is 38.1 Å². The minimum Gasteiger partial charge on any atom is -0.480 e. The Morgan fingerprint density at radius 2 is 0.816 bits per heavy atom. The zero-order valence-electron chi connectivity index (χ0n) is 68.9. The van der Waals surface area contributed by atoms with E-state index in [1.165, 1.54) is 54.0 Å². The van der Waals surface area contributed by atoms with Gasteiger partial charge in [-0.25, -0.2) is 62.8 Å². The van der Waals surface area contributed by atoms with Crippen LogP contribution >= 0.6 is 0 Å². The molecular weight excluding hydrogens is 1590 g/mol. The fraction of sp³-hybridized carbons (Fsp3) is 0.356. The van der Waals surface area contributed by atoms with Gasteiger partial charge in [-0.15, -0.1) is 0 Å². The Hall–Kier alpha value is -14.2. The summed E-state index contributed by atoms with van der Waals surface area (Å²) < 4.78 is 31.9. The molecule has 0 atom stereocenters. The van der Waals surface area contributed by atoms with Crippen LogP contribution in [0.5, 0.6) is 17.2 Å². The van der Waals surface area contributed by atoms with Crippen molar-refractivity contribution in [1.82, 2.24) is 88.1 Å². The van der Waals surface area contributed by atoms with Crippen molar-refractivity contribution in [3.63, 3.8) is 0 Å². The number of carbonyl (C=O) groups excluding carboxylic acids is 4. The lowest BCUT2D eigenvalue weighted by Gasteiger charge is -2.37. The lowest BCUT2D eigenvalue weighted by molar-refractivity contribution is -0.122. The van der Waals surface area contributed by atoms with Crippen LogP contribution in [0, 0.1) is 0 Å². The Kier molecular flexibility index (Phi) is 18.7. The van der Waals surface area contributed by atoms with E-state index >= 15 is 0 Å². The molecule has 3 aliphatic carbocycles. The Bertz CT molecular complexity index is 6820. The molecule has 0 saturated heterocycles. The van der Waals surface area contributed by atoms with Crippen molar-refractivity contribution in [1.29, 1.82) is 0 Å². The maximum atomic E-state index is 13.6. The third-order valence-corrected chi connectivity index (χ3v) is 26.1. The Labute approximate surface area is 713 Å². The van der Waals surface area contributed by atoms with E-state index in [1.54, 1.807) is 91.6 Å². The van der Waals surface area contributed by atoms with E-state index in [-0.39, 0.29) is 76.9 Å². The Morgan fingerprint density at radius 3 is 1.21 bits per heavy atom. The number of ether oxygens (including phenoxy) is 4. The molecule has 3 fully saturated rings. The third-order valence-electron chi connectivity index (χ3n) is 26.1. The number of hydrogen-bond donors (Lipinski definition) is 4. The number of fused-ring (bicyclic) bond motifs is 21. The van der Waals surface area contributed by atoms with Crippen LogP contribution in [-0.2, 0) is 74.6 Å². The number of nitrogens with zero attached hydrogens (tertiary/aromatic N) is 20. The number of amides is 4. The lowest BCUT2D eigenvalue weighted by atomic mass is 9.90. The molecule has 3 aromatic carbocycles. The number of rotatable bonds is 6. The first-order valence-corrected chi connectivity index (χ1v) is 42.9. The van der Waals surface area contributed by atoms with Gasteiger partial charge < -0.3 is 40.2 Å². The fourth-order valence-electron chi connectivity index (χ4n) is 19.2. The summed E-state index contributed by atoms with van der Waals surface area (Å²) in [5.41, 5.74) is 11.0. The predicted molar refractivity (Wildman–Crippen MR) is 464 cm³/mol. The van der Waals surface area contributed by atoms with Crippen molar-refractivity contribution in [2.75, 3.05) is 104 Å². The molecule has 125 heavy (non-hydrogen) atoms. The van der Waals surface area contributed by atoms with Crippen molar-refractivity contribution in [2.24, 2.45) is 0 Å². The van der Waals surface area contributed by atoms with Gasteiger partial charge in [0.25, 0.3) is 34.4 Å². The van der Waals surface area contributed by atoms with Crippen LogP contribution in [0.4, 0.5) is 57.2 Å². The molecule has 4 N–H and O–H groups in total. The first-order chi connectivity index (χ1) is 61.1. The quantitative estimate of drug-likeness (QED) is 0.112. The van der Waals surface area contributed by atoms with Gasteiger partial charge >= 0.3 is 6.09 Å². The van der Waals surface area contributed by atoms with Crippen LogP contribution in [0.15, 0.2) is 160 Å². The first kappa shape index (κ1) is 76.9. The summed E-state index contributed by atoms with van der Waals surface area (Å²) in [4.78, 5) is 143. The van der Waals surface area contributed by atoms with Crippen LogP contribution in [0.1, 0.15) is 110 Å². The molecule has 3 saturated carbocycles. The van der Waals surface area contributed by atoms with Gasteiger partial charge in [-0.1, -0.05) is 54.7 Å². The lowest BCUT2D eigenvalue weighted by Crippen LogP contribution is -2.45. The molecule has 18 heterocycles. The summed E-state index contributed by atoms with van der Waals surface area (Å²) in [5.74, 6) is 5.05. The fourth-order valence-corrected chi connectivity index (χ4v) is 19.2. The van der Waals surface area contributed by atoms with Gasteiger partial charge in [0, 0.05) is 86.0 Å². The standard InChI is InChI=1S/C31H30N8O5.C30H30N8O3.C29H28N8O3/c1-43-30(42)37-15-10-19-6-7-20(16-22(19)31(37)11-12-31)33-29-32-17-21-26(35-29)39-24-9-8-23-27(34-24)36(25(40)18-44-23)13-4-2-3-5-14-38(39)28(21)41;1-35-15-10-19-6-7-20(16-22(19)30(35)11-12-30)32-29-31-17-21-26(34-29)38-24-9-8-23-27(33-24)36(25(39)18-41-23)13-4-2-3-5-14-37(38)28(21)40;38-24-17-40-22-7-8-23-33-26(22)35(24)13-3-1-2-4-14-36-27(39)20-16-30-28(34-25(20)37(23)36)32-19-6-5-18-9-12-31-29(10-11-29)21(18)15-19/h3,5-9,16-17H,2,4,10-15,18H2,1H3,(H,32,33,35);3,5-9,16-17H,2,4,10-15,18H2,1H3,(H,31,32,34);2,4-8,15-16,31H,1,3,9-14,17H2,(H,30,32,34). The summed E-state index contributed by atoms with van der Waals surface area (Å²) in [6.45, 7) is 5.31. The van der Waals surface area contributed by atoms with E-state index in [2.05, 4.69) is 96.7 Å². The van der Waals surface area contributed by atoms with Crippen LogP contribution in [-0.4, -0.2) is 180 Å². The second kappa shape index (κ2) is 30.4. The van der Waals surface area contributed by atoms with E-state index < -0.39 is 0 Å². The highest BCUT2D eigenvalue weighted by Crippen LogP contribution is 2.56. The number of likely N-dealkylation sites (N-methyl/N-ethyl adjacent to an activating group) is 1. The molecule has 0 radical (unpaired) electrons. The largest absolute Gasteiger partial charge is 0.480 e. The molecule has 634 valence electrons. The number of anilines is 9. The van der Waals surface area contributed by atoms with E-state index in [1.807, 2.05) is 47.4 Å². The van der Waals surface area contributed by atoms with Gasteiger partial charge in [0.15, 0.2) is 88.9 Å². The van der Waals surface area contributed by atoms with E-state index in [9.17, 15) is 33.6 Å². The van der Waals surface area contributed by atoms with Crippen LogP contribution < -0.4 is 66.9 Å². The van der Waals surface area contributed by atoms with Gasteiger partial charge in [-0.3, -0.25) is 53.3 Å². The molecule has 9 aromatic heterocycles. The molecule has 3 spiro atoms. The first-order valence-electron chi connectivity index (χ1n) is 42.9. The minimum atomic E-state index is -0.339. The van der Waals surface area contributed by atoms with Crippen LogP contribution in [0.3, 0.4) is 0 Å². The number of hydrogen-bond acceptors (Lipinski definition) is 25. The number of nitrogens with one attached hydrogen (secondary N) is 4. The van der Waals surface area contributed by atoms with E-state index in [0.29, 0.717) is 149 Å². The zero-order valence-corrected chi connectivity index (χ0v) is 68.9. The molecule has 35 nitrogen and oxygen atoms in total. The van der Waals surface area contributed by atoms with Gasteiger partial charge in [0.05, 0.1) is 32.3 Å². The van der Waals surface area contributed by atoms with Gasteiger partial charge in [0.1, 0.15) is 16.2 Å². The average molecular weight is 1680 g/mol. The highest BCUT2D eigenvalue weighted by Gasteiger charge is 2.55. The summed E-state index contributed by atoms with van der Waals surface area (Å²) in [6, 6.07) is 29.8. The number of allylic oxidation sites excluding steroid dienone is 6. The molecule has 9 aliphatic heterocycles. The highest BCUT2D eigenvalue weighted by molar-refractivity contribution is 5.99. The van der Waals surface area contributed by atoms with Crippen LogP contribution in [0.2, 0.25) is 0 Å². The summed E-state index contributed by atoms with van der Waals surface area (Å²) in [5, 5.41) is 14.9. The molecule has 4 amide bonds. The zero-order chi connectivity index (χ0) is 84.6. The minimum absolute atomic E-state index is 0.0105. The average Bonchev–Trinajstić information content (AvgIpc) is 1.58. The van der Waals surface area contributed by atoms with Crippen LogP contribution in [0.25, 0.3) is 50.6 Å². The predicted octanol–water partition coefficient (Wildman–Crippen LogP) is 9.61. The number of methoxy groups -OCH3 is 1. The molecule has 35 heteroatoms. The summed E-state index contributed by atoms with van der Waals surface area (Å²) in [7, 11) is 3.63. The topological polar surface area (TPSA) is 366 Å². The van der Waals surface area contributed by atoms with E-state index in [0.717, 1.165) is 119 Å². The van der Waals surface area contributed by atoms with Gasteiger partial charge in [0.2, 0.25) is 17.8 Å². The molecule has 6 bridgehead atoms. The van der Waals surface area contributed by atoms with Crippen molar-refractivity contribution >= 4 is 109 Å². The number of benzene rings is 3. The van der Waals surface area contributed by atoms with Gasteiger partial charge in [-0.2, -0.15) is 15.0 Å². The highest BCUT2D eigenvalue weighted by atomic mass is 16.5. The molecular formula is C90H88N24O11. The number of pyridine rings is 3. The molecule has 0 unspecified atom stereocenters. The maximum Gasteiger partial charge on any atom is 0.410 e. The van der Waals surface area contributed by atoms with Crippen molar-refractivity contribution in [3.8, 4) is 34.7 Å². The van der Waals surface area contributed by atoms with Crippen molar-refractivity contribution in [2.45, 2.75) is 133 Å². The number of aromatic nitrogens is 15. The summed E-state index contributed by atoms with van der Waals surface area (Å²) >= 11 is 0. The molecule has 12 aliphatic rings. The SMILES string of the molecule is CN1CCc2ccc(Nc3ncc4c(=O)n5n(c4n3)-c3ccc4c(n3)N(CCCC=CC5)C(=O)CO4)cc2C12CC2.COC(=O)N1CCc2ccc(Nc3ncc4c(=O)n5n(c4n3)-c3ccc4c(n3)N(CCCC=CC5)C(=O)CO4)cc2C12CC2.O=C1COc2ccc3nc2N1CCCC=CCn1c(=O)c2cnc(Nc4ccc5c(c4)C4(CC4)NCC5)nc2n1-3. The van der Waals surface area contributed by atoms with Gasteiger partial charge in [-0.05, 0) is 210 Å². The maximum absolute atomic E-state index is 13.6. The number of carbonyl (C=O) groups is 4. The van der Waals surface area contributed by atoms with Crippen molar-refractivity contribution in [3.05, 3.63) is 210 Å². The smallest absolute Gasteiger partial charge is 0.410 e. The Balaban J connectivity index is 0.000000111. The normalized spacial score (nSPS) is 18.8. The molecule has 12 aromatic rings. The Morgan fingerprint density at radius 1 is 0.432 bits per heavy atom. The van der Waals surface area contributed by atoms with E-state index in [4.69, 9.17) is 48.9 Å². The second-order valence-corrected chi connectivity index (χ2v) is 33.6.